The first-order valence-electron chi connectivity index (χ1n) is 7.22. The van der Waals surface area contributed by atoms with Gasteiger partial charge in [-0.25, -0.2) is 4.79 Å². The number of nitrogens with one attached hydrogen (secondary N) is 2. The summed E-state index contributed by atoms with van der Waals surface area (Å²) in [4.78, 5) is 11.4. The van der Waals surface area contributed by atoms with Crippen LogP contribution in [0.3, 0.4) is 0 Å². The summed E-state index contributed by atoms with van der Waals surface area (Å²) in [6.07, 6.45) is -0.618. The van der Waals surface area contributed by atoms with Crippen molar-refractivity contribution in [1.82, 2.24) is 5.32 Å². The second-order valence-corrected chi connectivity index (χ2v) is 5.63. The largest absolute Gasteiger partial charge is 0.465 e. The highest BCUT2D eigenvalue weighted by atomic mass is 32.1. The molecule has 23 heavy (non-hydrogen) atoms. The number of thiocarbonyl (C=S) groups is 1. The van der Waals surface area contributed by atoms with E-state index < -0.39 is 24.4 Å². The smallest absolute Gasteiger partial charge is 0.337 e. The number of anilines is 1. The number of benzene rings is 1. The van der Waals surface area contributed by atoms with Crippen molar-refractivity contribution in [2.24, 2.45) is 0 Å². The van der Waals surface area contributed by atoms with Crippen molar-refractivity contribution in [2.75, 3.05) is 19.0 Å². The van der Waals surface area contributed by atoms with Crippen LogP contribution in [0.25, 0.3) is 0 Å². The molecular formula is C15H20N2O5S. The fourth-order valence-corrected chi connectivity index (χ4v) is 2.57. The summed E-state index contributed by atoms with van der Waals surface area (Å²) in [5.74, 6) is -0.406. The number of methoxy groups -OCH3 is 1. The number of hydrogen-bond acceptors (Lipinski definition) is 6. The molecule has 0 saturated carbocycles. The van der Waals surface area contributed by atoms with Crippen LogP contribution in [0.5, 0.6) is 0 Å². The zero-order valence-electron chi connectivity index (χ0n) is 12.7. The maximum atomic E-state index is 11.4. The topological polar surface area (TPSA) is 100 Å². The molecule has 2 rings (SSSR count). The van der Waals surface area contributed by atoms with Gasteiger partial charge in [-0.05, 0) is 36.5 Å². The van der Waals surface area contributed by atoms with Crippen LogP contribution >= 0.6 is 12.2 Å². The van der Waals surface area contributed by atoms with Crippen molar-refractivity contribution in [3.63, 3.8) is 0 Å². The van der Waals surface area contributed by atoms with Gasteiger partial charge in [-0.2, -0.15) is 0 Å². The van der Waals surface area contributed by atoms with Gasteiger partial charge < -0.3 is 30.3 Å². The number of ether oxygens (including phenoxy) is 2. The third-order valence-corrected chi connectivity index (χ3v) is 3.66. The summed E-state index contributed by atoms with van der Waals surface area (Å²) >= 11 is 5.20. The Hall–Kier alpha value is -1.74. The standard InChI is InChI=1S/C15H20N2O5S/c1-21-14(20)9-2-4-10(5-3-9)16-15(23)17-13-7-11(19)6-12(8-18)22-13/h2-5,11-13,18-19H,6-8H2,1H3,(H2,16,17,23)/t11-,12-,13+/m0/s1. The average Bonchev–Trinajstić information content (AvgIpc) is 2.54. The van der Waals surface area contributed by atoms with Crippen molar-refractivity contribution < 1.29 is 24.5 Å². The van der Waals surface area contributed by atoms with Crippen molar-refractivity contribution in [2.45, 2.75) is 31.3 Å². The van der Waals surface area contributed by atoms with Crippen molar-refractivity contribution in [3.05, 3.63) is 29.8 Å². The van der Waals surface area contributed by atoms with Crippen LogP contribution < -0.4 is 10.6 Å². The van der Waals surface area contributed by atoms with E-state index in [0.717, 1.165) is 0 Å². The van der Waals surface area contributed by atoms with E-state index in [1.807, 2.05) is 0 Å². The van der Waals surface area contributed by atoms with Crippen LogP contribution in [-0.2, 0) is 9.47 Å². The molecule has 0 amide bonds. The molecule has 126 valence electrons. The summed E-state index contributed by atoms with van der Waals surface area (Å²) < 4.78 is 10.2. The molecule has 1 heterocycles. The highest BCUT2D eigenvalue weighted by Gasteiger charge is 2.28. The second-order valence-electron chi connectivity index (χ2n) is 5.22. The Morgan fingerprint density at radius 3 is 2.70 bits per heavy atom. The first kappa shape index (κ1) is 17.6. The van der Waals surface area contributed by atoms with Gasteiger partial charge in [0.2, 0.25) is 0 Å². The van der Waals surface area contributed by atoms with Crippen molar-refractivity contribution in [1.29, 1.82) is 0 Å². The first-order valence-corrected chi connectivity index (χ1v) is 7.63. The van der Waals surface area contributed by atoms with Gasteiger partial charge in [0.05, 0.1) is 31.5 Å². The Morgan fingerprint density at radius 2 is 2.09 bits per heavy atom. The van der Waals surface area contributed by atoms with Crippen LogP contribution in [0.4, 0.5) is 5.69 Å². The highest BCUT2D eigenvalue weighted by Crippen LogP contribution is 2.18. The predicted octanol–water partition coefficient (Wildman–Crippen LogP) is 0.618. The van der Waals surface area contributed by atoms with Gasteiger partial charge in [-0.1, -0.05) is 0 Å². The summed E-state index contributed by atoms with van der Waals surface area (Å²) in [5.41, 5.74) is 1.15. The fraction of sp³-hybridized carbons (Fsp3) is 0.467. The zero-order valence-corrected chi connectivity index (χ0v) is 13.5. The molecule has 1 aliphatic rings. The van der Waals surface area contributed by atoms with E-state index >= 15 is 0 Å². The maximum absolute atomic E-state index is 11.4. The molecule has 0 bridgehead atoms. The molecule has 1 aliphatic heterocycles. The number of aliphatic hydroxyl groups excluding tert-OH is 2. The van der Waals surface area contributed by atoms with Gasteiger partial charge in [0.15, 0.2) is 5.11 Å². The van der Waals surface area contributed by atoms with Crippen LogP contribution in [0.2, 0.25) is 0 Å². The van der Waals surface area contributed by atoms with Crippen LogP contribution in [0, 0.1) is 0 Å². The van der Waals surface area contributed by atoms with E-state index in [-0.39, 0.29) is 6.61 Å². The monoisotopic (exact) mass is 340 g/mol. The molecule has 3 atom stereocenters. The van der Waals surface area contributed by atoms with E-state index in [0.29, 0.717) is 29.2 Å². The van der Waals surface area contributed by atoms with E-state index in [1.54, 1.807) is 24.3 Å². The lowest BCUT2D eigenvalue weighted by atomic mass is 10.1. The summed E-state index contributed by atoms with van der Waals surface area (Å²) in [7, 11) is 1.33. The van der Waals surface area contributed by atoms with Crippen molar-refractivity contribution in [3.8, 4) is 0 Å². The third kappa shape index (κ3) is 5.14. The molecule has 1 saturated heterocycles. The molecule has 4 N–H and O–H groups in total. The van der Waals surface area contributed by atoms with E-state index in [1.165, 1.54) is 7.11 Å². The Bertz CT molecular complexity index is 551. The molecule has 0 radical (unpaired) electrons. The summed E-state index contributed by atoms with van der Waals surface area (Å²) in [6, 6.07) is 6.65. The minimum atomic E-state index is -0.541. The Labute approximate surface area is 139 Å². The normalized spacial score (nSPS) is 23.9. The maximum Gasteiger partial charge on any atom is 0.337 e. The minimum Gasteiger partial charge on any atom is -0.465 e. The molecule has 8 heteroatoms. The SMILES string of the molecule is COC(=O)c1ccc(NC(=S)N[C@H]2C[C@@H](O)C[C@@H](CO)O2)cc1. The molecule has 0 unspecified atom stereocenters. The number of carbonyl (C=O) groups excluding carboxylic acids is 1. The molecular weight excluding hydrogens is 320 g/mol. The lowest BCUT2D eigenvalue weighted by Gasteiger charge is -2.33. The minimum absolute atomic E-state index is 0.148. The number of hydrogen-bond donors (Lipinski definition) is 4. The van der Waals surface area contributed by atoms with Gasteiger partial charge in [-0.15, -0.1) is 0 Å². The lowest BCUT2D eigenvalue weighted by Crippen LogP contribution is -2.48. The summed E-state index contributed by atoms with van der Waals surface area (Å²) in [6.45, 7) is -0.148. The fourth-order valence-electron chi connectivity index (χ4n) is 2.32. The molecule has 1 aromatic rings. The molecule has 1 aromatic carbocycles. The molecule has 7 nitrogen and oxygen atoms in total. The van der Waals surface area contributed by atoms with E-state index in [4.69, 9.17) is 22.1 Å². The number of carbonyl (C=O) groups is 1. The zero-order chi connectivity index (χ0) is 16.8. The lowest BCUT2D eigenvalue weighted by molar-refractivity contribution is -0.116. The molecule has 1 fully saturated rings. The molecule has 0 aliphatic carbocycles. The van der Waals surface area contributed by atoms with Gasteiger partial charge in [-0.3, -0.25) is 0 Å². The van der Waals surface area contributed by atoms with E-state index in [9.17, 15) is 9.90 Å². The van der Waals surface area contributed by atoms with Gasteiger partial charge in [0.1, 0.15) is 6.23 Å². The second kappa shape index (κ2) is 8.21. The first-order chi connectivity index (χ1) is 11.0. The van der Waals surface area contributed by atoms with Crippen LogP contribution in [-0.4, -0.2) is 53.4 Å². The number of esters is 1. The summed E-state index contributed by atoms with van der Waals surface area (Å²) in [5, 5.41) is 25.1. The highest BCUT2D eigenvalue weighted by molar-refractivity contribution is 7.80. The molecule has 0 aromatic heterocycles. The quantitative estimate of drug-likeness (QED) is 0.468. The Morgan fingerprint density at radius 1 is 1.39 bits per heavy atom. The third-order valence-electron chi connectivity index (χ3n) is 3.44. The van der Waals surface area contributed by atoms with Gasteiger partial charge in [0, 0.05) is 18.5 Å². The van der Waals surface area contributed by atoms with Crippen LogP contribution in [0.1, 0.15) is 23.2 Å². The number of rotatable bonds is 4. The van der Waals surface area contributed by atoms with E-state index in [2.05, 4.69) is 15.4 Å². The predicted molar refractivity (Wildman–Crippen MR) is 88.1 cm³/mol. The average molecular weight is 340 g/mol. The number of aliphatic hydroxyl groups is 2. The molecule has 0 spiro atoms. The van der Waals surface area contributed by atoms with Gasteiger partial charge in [0.25, 0.3) is 0 Å². The van der Waals surface area contributed by atoms with Crippen LogP contribution in [0.15, 0.2) is 24.3 Å². The Balaban J connectivity index is 1.88. The van der Waals surface area contributed by atoms with Gasteiger partial charge >= 0.3 is 5.97 Å². The Kier molecular flexibility index (Phi) is 6.28. The van der Waals surface area contributed by atoms with Crippen molar-refractivity contribution >= 4 is 29.0 Å².